The zero-order valence-electron chi connectivity index (χ0n) is 15.7. The minimum absolute atomic E-state index is 0.0192. The molecule has 27 heavy (non-hydrogen) atoms. The number of ether oxygens (including phenoxy) is 1. The Bertz CT molecular complexity index is 903. The minimum Gasteiger partial charge on any atom is -0.369 e. The second-order valence-corrected chi connectivity index (χ2v) is 9.20. The molecule has 4 heterocycles. The van der Waals surface area contributed by atoms with E-state index in [0.717, 1.165) is 47.0 Å². The molecular weight excluding hydrogens is 378 g/mol. The summed E-state index contributed by atoms with van der Waals surface area (Å²) in [5, 5.41) is 5.31. The van der Waals surface area contributed by atoms with Crippen LogP contribution in [0, 0.1) is 20.8 Å². The maximum absolute atomic E-state index is 6.01. The van der Waals surface area contributed by atoms with Gasteiger partial charge < -0.3 is 10.1 Å². The van der Waals surface area contributed by atoms with Gasteiger partial charge in [-0.25, -0.2) is 15.0 Å². The molecule has 0 amide bonds. The molecule has 0 bridgehead atoms. The average molecular weight is 402 g/mol. The Morgan fingerprint density at radius 2 is 2.11 bits per heavy atom. The van der Waals surface area contributed by atoms with Gasteiger partial charge in [0, 0.05) is 35.6 Å². The third-order valence-electron chi connectivity index (χ3n) is 4.56. The molecule has 3 aromatic rings. The van der Waals surface area contributed by atoms with Crippen LogP contribution < -0.4 is 5.32 Å². The van der Waals surface area contributed by atoms with E-state index in [-0.39, 0.29) is 6.10 Å². The minimum atomic E-state index is -0.0192. The van der Waals surface area contributed by atoms with Crippen LogP contribution in [-0.2, 0) is 11.3 Å². The van der Waals surface area contributed by atoms with E-state index in [2.05, 4.69) is 27.1 Å². The molecule has 3 aromatic heterocycles. The van der Waals surface area contributed by atoms with Gasteiger partial charge in [0.1, 0.15) is 11.9 Å². The molecular formula is C19H23N5OS2. The molecule has 6 nitrogen and oxygen atoms in total. The van der Waals surface area contributed by atoms with Gasteiger partial charge in [0.2, 0.25) is 0 Å². The number of pyridine rings is 1. The lowest BCUT2D eigenvalue weighted by Crippen LogP contribution is -2.37. The first-order chi connectivity index (χ1) is 13.1. The van der Waals surface area contributed by atoms with Crippen LogP contribution in [0.3, 0.4) is 0 Å². The predicted octanol–water partition coefficient (Wildman–Crippen LogP) is 4.24. The summed E-state index contributed by atoms with van der Waals surface area (Å²) in [5.41, 5.74) is 2.01. The molecule has 1 aliphatic rings. The highest BCUT2D eigenvalue weighted by molar-refractivity contribution is 7.15. The Hall–Kier alpha value is -1.87. The fourth-order valence-electron chi connectivity index (χ4n) is 3.06. The van der Waals surface area contributed by atoms with E-state index < -0.39 is 0 Å². The van der Waals surface area contributed by atoms with Crippen molar-refractivity contribution in [3.8, 4) is 0 Å². The molecule has 1 unspecified atom stereocenters. The third kappa shape index (κ3) is 4.52. The van der Waals surface area contributed by atoms with Crippen LogP contribution >= 0.6 is 22.7 Å². The maximum Gasteiger partial charge on any atom is 0.188 e. The summed E-state index contributed by atoms with van der Waals surface area (Å²) in [6.07, 6.45) is 1.96. The quantitative estimate of drug-likeness (QED) is 0.690. The molecule has 142 valence electrons. The Kier molecular flexibility index (Phi) is 5.49. The number of rotatable bonds is 5. The van der Waals surface area contributed by atoms with E-state index in [1.807, 2.05) is 38.2 Å². The van der Waals surface area contributed by atoms with Crippen LogP contribution in [0.5, 0.6) is 0 Å². The van der Waals surface area contributed by atoms with Crippen LogP contribution in [0.2, 0.25) is 0 Å². The number of morpholine rings is 1. The van der Waals surface area contributed by atoms with Crippen molar-refractivity contribution in [3.63, 3.8) is 0 Å². The Labute approximate surface area is 167 Å². The lowest BCUT2D eigenvalue weighted by molar-refractivity contribution is -0.0346. The van der Waals surface area contributed by atoms with Gasteiger partial charge in [-0.2, -0.15) is 0 Å². The first-order valence-corrected chi connectivity index (χ1v) is 10.6. The molecule has 0 aromatic carbocycles. The number of aromatic nitrogens is 3. The first kappa shape index (κ1) is 18.5. The van der Waals surface area contributed by atoms with Gasteiger partial charge in [0.05, 0.1) is 23.0 Å². The van der Waals surface area contributed by atoms with E-state index in [9.17, 15) is 0 Å². The number of hydrogen-bond donors (Lipinski definition) is 1. The summed E-state index contributed by atoms with van der Waals surface area (Å²) in [6.45, 7) is 9.55. The third-order valence-corrected chi connectivity index (χ3v) is 6.45. The van der Waals surface area contributed by atoms with Gasteiger partial charge in [0.25, 0.3) is 0 Å². The predicted molar refractivity (Wildman–Crippen MR) is 110 cm³/mol. The summed E-state index contributed by atoms with van der Waals surface area (Å²) in [5.74, 6) is 0.806. The molecule has 0 saturated carbocycles. The molecule has 0 aliphatic carbocycles. The van der Waals surface area contributed by atoms with Crippen molar-refractivity contribution in [2.24, 2.45) is 0 Å². The fraction of sp³-hybridized carbons (Fsp3) is 0.421. The van der Waals surface area contributed by atoms with Crippen molar-refractivity contribution in [1.29, 1.82) is 0 Å². The number of nitrogens with one attached hydrogen (secondary N) is 1. The number of thiazole rings is 2. The summed E-state index contributed by atoms with van der Waals surface area (Å²) >= 11 is 3.41. The van der Waals surface area contributed by atoms with Crippen molar-refractivity contribution >= 4 is 33.6 Å². The molecule has 1 fully saturated rings. The zero-order chi connectivity index (χ0) is 18.8. The maximum atomic E-state index is 6.01. The van der Waals surface area contributed by atoms with Crippen LogP contribution in [0.25, 0.3) is 0 Å². The summed E-state index contributed by atoms with van der Waals surface area (Å²) < 4.78 is 6.01. The Balaban J connectivity index is 1.44. The highest BCUT2D eigenvalue weighted by atomic mass is 32.1. The van der Waals surface area contributed by atoms with Crippen LogP contribution in [0.1, 0.15) is 32.3 Å². The van der Waals surface area contributed by atoms with E-state index >= 15 is 0 Å². The van der Waals surface area contributed by atoms with Gasteiger partial charge in [0.15, 0.2) is 5.13 Å². The molecule has 0 radical (unpaired) electrons. The second-order valence-electron chi connectivity index (χ2n) is 6.67. The summed E-state index contributed by atoms with van der Waals surface area (Å²) in [7, 11) is 0. The van der Waals surface area contributed by atoms with E-state index in [1.54, 1.807) is 22.7 Å². The first-order valence-electron chi connectivity index (χ1n) is 9.00. The topological polar surface area (TPSA) is 63.2 Å². The smallest absolute Gasteiger partial charge is 0.188 e. The van der Waals surface area contributed by atoms with Gasteiger partial charge in [-0.05, 0) is 32.9 Å². The standard InChI is InChI=1S/C19H23N5OS2/c1-12-13(2)26-19(21-12)23-18-6-4-5-16(22-18)17-11-24(7-8-25-17)10-15-9-20-14(3)27-15/h4-6,9,17H,7-8,10-11H2,1-3H3,(H,21,22,23). The van der Waals surface area contributed by atoms with Gasteiger partial charge in [-0.3, -0.25) is 4.90 Å². The highest BCUT2D eigenvalue weighted by Crippen LogP contribution is 2.27. The van der Waals surface area contributed by atoms with Gasteiger partial charge in [-0.15, -0.1) is 22.7 Å². The number of hydrogen-bond acceptors (Lipinski definition) is 8. The van der Waals surface area contributed by atoms with Gasteiger partial charge in [-0.1, -0.05) is 6.07 Å². The molecule has 8 heteroatoms. The number of anilines is 2. The van der Waals surface area contributed by atoms with Crippen molar-refractivity contribution in [3.05, 3.63) is 50.5 Å². The largest absolute Gasteiger partial charge is 0.369 e. The monoisotopic (exact) mass is 401 g/mol. The molecule has 1 N–H and O–H groups in total. The van der Waals surface area contributed by atoms with E-state index in [0.29, 0.717) is 6.61 Å². The summed E-state index contributed by atoms with van der Waals surface area (Å²) in [6, 6.07) is 6.03. The molecule has 1 aliphatic heterocycles. The Morgan fingerprint density at radius 1 is 1.22 bits per heavy atom. The normalized spacial score (nSPS) is 18.0. The zero-order valence-corrected chi connectivity index (χ0v) is 17.4. The van der Waals surface area contributed by atoms with Gasteiger partial charge >= 0.3 is 0 Å². The van der Waals surface area contributed by atoms with Crippen molar-refractivity contribution in [2.75, 3.05) is 25.0 Å². The van der Waals surface area contributed by atoms with Crippen molar-refractivity contribution < 1.29 is 4.74 Å². The van der Waals surface area contributed by atoms with E-state index in [1.165, 1.54) is 9.75 Å². The average Bonchev–Trinajstić information content (AvgIpc) is 3.20. The van der Waals surface area contributed by atoms with Crippen molar-refractivity contribution in [2.45, 2.75) is 33.4 Å². The van der Waals surface area contributed by atoms with Crippen molar-refractivity contribution in [1.82, 2.24) is 19.9 Å². The van der Waals surface area contributed by atoms with Crippen LogP contribution in [0.15, 0.2) is 24.4 Å². The Morgan fingerprint density at radius 3 is 2.85 bits per heavy atom. The molecule has 4 rings (SSSR count). The second kappa shape index (κ2) is 8.02. The molecule has 1 atom stereocenters. The number of aryl methyl sites for hydroxylation is 3. The number of nitrogens with zero attached hydrogens (tertiary/aromatic N) is 4. The lowest BCUT2D eigenvalue weighted by Gasteiger charge is -2.32. The SMILES string of the molecule is Cc1ncc(CN2CCOC(c3cccc(Nc4nc(C)c(C)s4)n3)C2)s1. The highest BCUT2D eigenvalue weighted by Gasteiger charge is 2.24. The van der Waals surface area contributed by atoms with E-state index in [4.69, 9.17) is 9.72 Å². The molecule has 1 saturated heterocycles. The lowest BCUT2D eigenvalue weighted by atomic mass is 10.2. The fourth-order valence-corrected chi connectivity index (χ4v) is 4.72. The van der Waals surface area contributed by atoms with Crippen LogP contribution in [0.4, 0.5) is 10.9 Å². The molecule has 0 spiro atoms. The van der Waals surface area contributed by atoms with Crippen LogP contribution in [-0.4, -0.2) is 39.5 Å². The summed E-state index contributed by atoms with van der Waals surface area (Å²) in [4.78, 5) is 18.6.